The molecule has 0 fully saturated rings. The van der Waals surface area contributed by atoms with Crippen LogP contribution in [0.2, 0.25) is 0 Å². The van der Waals surface area contributed by atoms with Crippen molar-refractivity contribution in [3.8, 4) is 5.75 Å². The van der Waals surface area contributed by atoms with Crippen LogP contribution in [0.5, 0.6) is 5.75 Å². The first kappa shape index (κ1) is 15.7. The Morgan fingerprint density at radius 3 is 2.21 bits per heavy atom. The van der Waals surface area contributed by atoms with Gasteiger partial charge in [0.2, 0.25) is 0 Å². The number of carbonyl (C=O) groups excluding carboxylic acids is 1. The number of rotatable bonds is 5. The van der Waals surface area contributed by atoms with Gasteiger partial charge in [0, 0.05) is 12.3 Å². The summed E-state index contributed by atoms with van der Waals surface area (Å²) in [5.74, 6) is 1.54. The van der Waals surface area contributed by atoms with Crippen molar-refractivity contribution >= 4 is 5.78 Å². The first-order valence-electron chi connectivity index (χ1n) is 7.02. The van der Waals surface area contributed by atoms with E-state index in [1.165, 1.54) is 11.1 Å². The Kier molecular flexibility index (Phi) is 5.16. The monoisotopic (exact) mass is 262 g/mol. The number of benzene rings is 1. The second kappa shape index (κ2) is 6.23. The first-order valence-corrected chi connectivity index (χ1v) is 7.02. The number of carbonyl (C=O) groups is 1. The van der Waals surface area contributed by atoms with Crippen LogP contribution in [0.1, 0.15) is 55.4 Å². The number of hydrogen-bond acceptors (Lipinski definition) is 2. The van der Waals surface area contributed by atoms with Crippen molar-refractivity contribution in [3.63, 3.8) is 0 Å². The number of aryl methyl sites for hydroxylation is 1. The molecule has 0 amide bonds. The summed E-state index contributed by atoms with van der Waals surface area (Å²) in [5, 5.41) is 0. The second-order valence-electron chi connectivity index (χ2n) is 5.60. The topological polar surface area (TPSA) is 26.3 Å². The third-order valence-corrected chi connectivity index (χ3v) is 4.00. The third kappa shape index (κ3) is 2.99. The lowest BCUT2D eigenvalue weighted by Gasteiger charge is -2.25. The summed E-state index contributed by atoms with van der Waals surface area (Å²) in [4.78, 5) is 12.3. The molecule has 0 radical (unpaired) electrons. The van der Waals surface area contributed by atoms with E-state index in [9.17, 15) is 4.79 Å². The standard InChI is InChI=1S/C17H26O2/c1-8-14(18)16(10(2)3)17-11(4)9-15(19-7)12(5)13(17)6/h9-10,16H,8H2,1-7H3. The van der Waals surface area contributed by atoms with E-state index in [1.807, 2.05) is 6.92 Å². The highest BCUT2D eigenvalue weighted by Crippen LogP contribution is 2.36. The molecule has 1 rings (SSSR count). The fraction of sp³-hybridized carbons (Fsp3) is 0.588. The normalized spacial score (nSPS) is 12.6. The fourth-order valence-corrected chi connectivity index (χ4v) is 2.84. The zero-order valence-electron chi connectivity index (χ0n) is 13.3. The Labute approximate surface area is 117 Å². The number of ketones is 1. The van der Waals surface area contributed by atoms with Gasteiger partial charge < -0.3 is 4.74 Å². The highest BCUT2D eigenvalue weighted by molar-refractivity contribution is 5.86. The van der Waals surface area contributed by atoms with Crippen molar-refractivity contribution in [2.24, 2.45) is 5.92 Å². The van der Waals surface area contributed by atoms with E-state index in [0.717, 1.165) is 16.9 Å². The largest absolute Gasteiger partial charge is 0.496 e. The molecule has 2 nitrogen and oxygen atoms in total. The van der Waals surface area contributed by atoms with Gasteiger partial charge in [-0.05, 0) is 55.0 Å². The lowest BCUT2D eigenvalue weighted by molar-refractivity contribution is -0.121. The summed E-state index contributed by atoms with van der Waals surface area (Å²) in [6, 6.07) is 2.05. The predicted molar refractivity (Wildman–Crippen MR) is 80.1 cm³/mol. The maximum absolute atomic E-state index is 12.3. The zero-order valence-corrected chi connectivity index (χ0v) is 13.3. The smallest absolute Gasteiger partial charge is 0.140 e. The van der Waals surface area contributed by atoms with Crippen LogP contribution in [0.4, 0.5) is 0 Å². The van der Waals surface area contributed by atoms with E-state index in [-0.39, 0.29) is 5.92 Å². The van der Waals surface area contributed by atoms with Crippen molar-refractivity contribution in [2.45, 2.75) is 53.9 Å². The number of methoxy groups -OCH3 is 1. The Morgan fingerprint density at radius 1 is 1.21 bits per heavy atom. The molecule has 0 spiro atoms. The molecule has 1 aromatic carbocycles. The third-order valence-electron chi connectivity index (χ3n) is 4.00. The molecule has 1 aromatic rings. The maximum Gasteiger partial charge on any atom is 0.140 e. The Hall–Kier alpha value is -1.31. The summed E-state index contributed by atoms with van der Waals surface area (Å²) >= 11 is 0. The van der Waals surface area contributed by atoms with E-state index in [1.54, 1.807) is 7.11 Å². The maximum atomic E-state index is 12.3. The molecular formula is C17H26O2. The average Bonchev–Trinajstić information content (AvgIpc) is 2.37. The molecule has 1 atom stereocenters. The molecule has 0 aliphatic carbocycles. The van der Waals surface area contributed by atoms with Gasteiger partial charge in [-0.3, -0.25) is 4.79 Å². The van der Waals surface area contributed by atoms with Crippen molar-refractivity contribution in [2.75, 3.05) is 7.11 Å². The molecule has 106 valence electrons. The van der Waals surface area contributed by atoms with E-state index in [4.69, 9.17) is 4.74 Å². The van der Waals surface area contributed by atoms with Crippen LogP contribution in [-0.2, 0) is 4.79 Å². The molecule has 0 N–H and O–H groups in total. The Morgan fingerprint density at radius 2 is 1.79 bits per heavy atom. The highest BCUT2D eigenvalue weighted by Gasteiger charge is 2.27. The van der Waals surface area contributed by atoms with E-state index in [2.05, 4.69) is 40.7 Å². The minimum Gasteiger partial charge on any atom is -0.496 e. The lowest BCUT2D eigenvalue weighted by atomic mass is 9.78. The van der Waals surface area contributed by atoms with Crippen molar-refractivity contribution in [3.05, 3.63) is 28.3 Å². The molecule has 1 unspecified atom stereocenters. The van der Waals surface area contributed by atoms with Gasteiger partial charge >= 0.3 is 0 Å². The number of hydrogen-bond donors (Lipinski definition) is 0. The Bertz CT molecular complexity index is 473. The van der Waals surface area contributed by atoms with E-state index >= 15 is 0 Å². The molecule has 2 heteroatoms. The van der Waals surface area contributed by atoms with E-state index < -0.39 is 0 Å². The van der Waals surface area contributed by atoms with Crippen LogP contribution in [0.15, 0.2) is 6.07 Å². The molecule has 0 bridgehead atoms. The minimum absolute atomic E-state index is 0.00499. The quantitative estimate of drug-likeness (QED) is 0.789. The predicted octanol–water partition coefficient (Wildman–Crippen LogP) is 4.34. The zero-order chi connectivity index (χ0) is 14.7. The van der Waals surface area contributed by atoms with E-state index in [0.29, 0.717) is 18.1 Å². The van der Waals surface area contributed by atoms with Crippen LogP contribution in [-0.4, -0.2) is 12.9 Å². The molecule has 0 saturated heterocycles. The van der Waals surface area contributed by atoms with Gasteiger partial charge in [0.25, 0.3) is 0 Å². The summed E-state index contributed by atoms with van der Waals surface area (Å²) in [6.45, 7) is 12.4. The number of ether oxygens (including phenoxy) is 1. The second-order valence-corrected chi connectivity index (χ2v) is 5.60. The van der Waals surface area contributed by atoms with Crippen LogP contribution in [0.3, 0.4) is 0 Å². The van der Waals surface area contributed by atoms with Crippen LogP contribution < -0.4 is 4.74 Å². The fourth-order valence-electron chi connectivity index (χ4n) is 2.84. The minimum atomic E-state index is -0.00499. The molecule has 0 aliphatic heterocycles. The molecule has 0 aliphatic rings. The van der Waals surface area contributed by atoms with Gasteiger partial charge in [-0.2, -0.15) is 0 Å². The van der Waals surface area contributed by atoms with Gasteiger partial charge in [0.05, 0.1) is 7.11 Å². The summed E-state index contributed by atoms with van der Waals surface area (Å²) in [7, 11) is 1.69. The number of Topliss-reactive ketones (excluding diaryl/α,β-unsaturated/α-hetero) is 1. The summed E-state index contributed by atoms with van der Waals surface area (Å²) in [5.41, 5.74) is 4.68. The van der Waals surface area contributed by atoms with Gasteiger partial charge in [-0.15, -0.1) is 0 Å². The van der Waals surface area contributed by atoms with Crippen LogP contribution in [0, 0.1) is 26.7 Å². The molecule has 0 saturated carbocycles. The summed E-state index contributed by atoms with van der Waals surface area (Å²) < 4.78 is 5.40. The van der Waals surface area contributed by atoms with Crippen LogP contribution >= 0.6 is 0 Å². The van der Waals surface area contributed by atoms with Gasteiger partial charge in [0.1, 0.15) is 11.5 Å². The summed E-state index contributed by atoms with van der Waals surface area (Å²) in [6.07, 6.45) is 0.590. The first-order chi connectivity index (χ1) is 8.84. The molecule has 19 heavy (non-hydrogen) atoms. The average molecular weight is 262 g/mol. The van der Waals surface area contributed by atoms with Gasteiger partial charge in [-0.1, -0.05) is 20.8 Å². The SMILES string of the molecule is CCC(=O)C(c1c(C)cc(OC)c(C)c1C)C(C)C. The lowest BCUT2D eigenvalue weighted by Crippen LogP contribution is -2.20. The highest BCUT2D eigenvalue weighted by atomic mass is 16.5. The van der Waals surface area contributed by atoms with Crippen LogP contribution in [0.25, 0.3) is 0 Å². The molecule has 0 aromatic heterocycles. The van der Waals surface area contributed by atoms with Gasteiger partial charge in [-0.25, -0.2) is 0 Å². The van der Waals surface area contributed by atoms with Crippen molar-refractivity contribution in [1.82, 2.24) is 0 Å². The Balaban J connectivity index is 3.48. The van der Waals surface area contributed by atoms with Crippen molar-refractivity contribution in [1.29, 1.82) is 0 Å². The molecular weight excluding hydrogens is 236 g/mol. The van der Waals surface area contributed by atoms with Gasteiger partial charge in [0.15, 0.2) is 0 Å². The van der Waals surface area contributed by atoms with Crippen molar-refractivity contribution < 1.29 is 9.53 Å². The molecule has 0 heterocycles.